The molecule has 0 aromatic heterocycles. The van der Waals surface area contributed by atoms with Gasteiger partial charge in [0.1, 0.15) is 5.75 Å². The lowest BCUT2D eigenvalue weighted by molar-refractivity contribution is -0.117. The smallest absolute Gasteiger partial charge is 0.224 e. The zero-order valence-corrected chi connectivity index (χ0v) is 17.0. The maximum absolute atomic E-state index is 12.3. The van der Waals surface area contributed by atoms with Gasteiger partial charge in [0.2, 0.25) is 11.8 Å². The first-order valence-corrected chi connectivity index (χ1v) is 10.5. The van der Waals surface area contributed by atoms with Gasteiger partial charge in [0.25, 0.3) is 0 Å². The lowest BCUT2D eigenvalue weighted by Crippen LogP contribution is -2.36. The number of nitrogens with zero attached hydrogens (tertiary/aromatic N) is 1. The second-order valence-corrected chi connectivity index (χ2v) is 7.52. The number of ether oxygens (including phenoxy) is 2. The highest BCUT2D eigenvalue weighted by atomic mass is 16.5. The summed E-state index contributed by atoms with van der Waals surface area (Å²) in [5.41, 5.74) is 3.85. The van der Waals surface area contributed by atoms with Crippen LogP contribution in [0.4, 0.5) is 17.1 Å². The number of carbonyl (C=O) groups excluding carboxylic acids is 2. The third kappa shape index (κ3) is 5.30. The molecule has 2 aromatic rings. The standard InChI is InChI=1S/C23H27N3O4/c27-22(24-18-3-1-4-19(16-18)26-10-13-29-14-11-26)5-2-12-30-20-7-8-21-17(15-20)6-9-23(28)25-21/h1,3-4,7-8,15-16H,2,5-6,9-14H2,(H,24,27)(H,25,28). The predicted octanol–water partition coefficient (Wildman–Crippen LogP) is 3.21. The lowest BCUT2D eigenvalue weighted by atomic mass is 10.0. The zero-order chi connectivity index (χ0) is 20.8. The molecule has 0 radical (unpaired) electrons. The first kappa shape index (κ1) is 20.2. The van der Waals surface area contributed by atoms with Crippen LogP contribution < -0.4 is 20.3 Å². The molecule has 0 bridgehead atoms. The Labute approximate surface area is 176 Å². The van der Waals surface area contributed by atoms with Crippen molar-refractivity contribution in [3.05, 3.63) is 48.0 Å². The molecule has 0 aliphatic carbocycles. The summed E-state index contributed by atoms with van der Waals surface area (Å²) < 4.78 is 11.2. The minimum atomic E-state index is -0.0223. The van der Waals surface area contributed by atoms with Crippen molar-refractivity contribution in [2.75, 3.05) is 48.4 Å². The van der Waals surface area contributed by atoms with Gasteiger partial charge in [0, 0.05) is 43.0 Å². The van der Waals surface area contributed by atoms with Crippen molar-refractivity contribution >= 4 is 28.9 Å². The van der Waals surface area contributed by atoms with Crippen molar-refractivity contribution in [1.82, 2.24) is 0 Å². The monoisotopic (exact) mass is 409 g/mol. The topological polar surface area (TPSA) is 79.9 Å². The minimum absolute atomic E-state index is 0.0223. The van der Waals surface area contributed by atoms with Crippen molar-refractivity contribution in [1.29, 1.82) is 0 Å². The number of fused-ring (bicyclic) bond motifs is 1. The molecule has 1 saturated heterocycles. The summed E-state index contributed by atoms with van der Waals surface area (Å²) in [6, 6.07) is 13.6. The molecule has 0 unspecified atom stereocenters. The van der Waals surface area contributed by atoms with Crippen LogP contribution in [0.3, 0.4) is 0 Å². The fraction of sp³-hybridized carbons (Fsp3) is 0.391. The van der Waals surface area contributed by atoms with Crippen LogP contribution >= 0.6 is 0 Å². The van der Waals surface area contributed by atoms with E-state index in [1.165, 1.54) is 0 Å². The highest BCUT2D eigenvalue weighted by Crippen LogP contribution is 2.27. The number of rotatable bonds is 7. The molecule has 0 spiro atoms. The Kier molecular flexibility index (Phi) is 6.49. The number of hydrogen-bond acceptors (Lipinski definition) is 5. The first-order chi connectivity index (χ1) is 14.7. The Hall–Kier alpha value is -3.06. The van der Waals surface area contributed by atoms with Crippen LogP contribution in [-0.4, -0.2) is 44.7 Å². The van der Waals surface area contributed by atoms with Gasteiger partial charge in [-0.2, -0.15) is 0 Å². The number of aryl methyl sites for hydroxylation is 1. The van der Waals surface area contributed by atoms with Crippen molar-refractivity contribution in [3.8, 4) is 5.75 Å². The molecule has 30 heavy (non-hydrogen) atoms. The number of benzene rings is 2. The Balaban J connectivity index is 1.21. The van der Waals surface area contributed by atoms with Gasteiger partial charge in [-0.05, 0) is 54.8 Å². The third-order valence-corrected chi connectivity index (χ3v) is 5.30. The Morgan fingerprint density at radius 1 is 1.13 bits per heavy atom. The number of carbonyl (C=O) groups is 2. The van der Waals surface area contributed by atoms with E-state index in [4.69, 9.17) is 9.47 Å². The predicted molar refractivity (Wildman–Crippen MR) is 116 cm³/mol. The molecule has 7 heteroatoms. The number of nitrogens with one attached hydrogen (secondary N) is 2. The molecule has 2 N–H and O–H groups in total. The van der Waals surface area contributed by atoms with Gasteiger partial charge in [-0.1, -0.05) is 6.07 Å². The maximum atomic E-state index is 12.3. The van der Waals surface area contributed by atoms with Gasteiger partial charge >= 0.3 is 0 Å². The summed E-state index contributed by atoms with van der Waals surface area (Å²) in [4.78, 5) is 26.0. The summed E-state index contributed by atoms with van der Waals surface area (Å²) in [7, 11) is 0. The number of morpholine rings is 1. The highest BCUT2D eigenvalue weighted by Gasteiger charge is 2.15. The Bertz CT molecular complexity index is 909. The van der Waals surface area contributed by atoms with E-state index in [2.05, 4.69) is 21.6 Å². The summed E-state index contributed by atoms with van der Waals surface area (Å²) in [5, 5.41) is 5.83. The molecule has 2 aliphatic rings. The van der Waals surface area contributed by atoms with E-state index in [1.807, 2.05) is 36.4 Å². The minimum Gasteiger partial charge on any atom is -0.494 e. The van der Waals surface area contributed by atoms with Crippen LogP contribution in [0.1, 0.15) is 24.8 Å². The van der Waals surface area contributed by atoms with E-state index >= 15 is 0 Å². The second-order valence-electron chi connectivity index (χ2n) is 7.52. The molecule has 2 heterocycles. The number of anilines is 3. The lowest BCUT2D eigenvalue weighted by Gasteiger charge is -2.29. The van der Waals surface area contributed by atoms with Crippen molar-refractivity contribution in [2.24, 2.45) is 0 Å². The average molecular weight is 409 g/mol. The van der Waals surface area contributed by atoms with Crippen LogP contribution in [0.5, 0.6) is 5.75 Å². The summed E-state index contributed by atoms with van der Waals surface area (Å²) >= 11 is 0. The molecule has 158 valence electrons. The average Bonchev–Trinajstić information content (AvgIpc) is 2.77. The SMILES string of the molecule is O=C(CCCOc1ccc2c(c1)CCC(=O)N2)Nc1cccc(N2CCOCC2)c1. The second kappa shape index (κ2) is 9.63. The molecule has 2 aliphatic heterocycles. The van der Waals surface area contributed by atoms with Gasteiger partial charge in [-0.3, -0.25) is 9.59 Å². The van der Waals surface area contributed by atoms with E-state index in [9.17, 15) is 9.59 Å². The molecule has 4 rings (SSSR count). The maximum Gasteiger partial charge on any atom is 0.224 e. The summed E-state index contributed by atoms with van der Waals surface area (Å²) in [6.45, 7) is 3.66. The Morgan fingerprint density at radius 2 is 2.00 bits per heavy atom. The van der Waals surface area contributed by atoms with Crippen LogP contribution in [0.15, 0.2) is 42.5 Å². The van der Waals surface area contributed by atoms with Crippen LogP contribution in [-0.2, 0) is 20.7 Å². The molecule has 7 nitrogen and oxygen atoms in total. The van der Waals surface area contributed by atoms with Gasteiger partial charge in [0.05, 0.1) is 19.8 Å². The van der Waals surface area contributed by atoms with E-state index in [-0.39, 0.29) is 11.8 Å². The molecule has 2 amide bonds. The van der Waals surface area contributed by atoms with Gasteiger partial charge < -0.3 is 25.0 Å². The van der Waals surface area contributed by atoms with Crippen LogP contribution in [0.2, 0.25) is 0 Å². The van der Waals surface area contributed by atoms with Crippen LogP contribution in [0, 0.1) is 0 Å². The summed E-state index contributed by atoms with van der Waals surface area (Å²) in [5.74, 6) is 0.798. The van der Waals surface area contributed by atoms with Gasteiger partial charge in [-0.25, -0.2) is 0 Å². The van der Waals surface area contributed by atoms with Crippen molar-refractivity contribution in [2.45, 2.75) is 25.7 Å². The normalized spacial score (nSPS) is 15.9. The fourth-order valence-electron chi connectivity index (χ4n) is 3.70. The molecular weight excluding hydrogens is 382 g/mol. The van der Waals surface area contributed by atoms with E-state index in [1.54, 1.807) is 0 Å². The quantitative estimate of drug-likeness (QED) is 0.687. The molecule has 1 fully saturated rings. The molecule has 2 aromatic carbocycles. The molecular formula is C23H27N3O4. The van der Waals surface area contributed by atoms with Crippen molar-refractivity contribution < 1.29 is 19.1 Å². The molecule has 0 atom stereocenters. The Morgan fingerprint density at radius 3 is 2.87 bits per heavy atom. The highest BCUT2D eigenvalue weighted by molar-refractivity contribution is 5.94. The van der Waals surface area contributed by atoms with Gasteiger partial charge in [-0.15, -0.1) is 0 Å². The largest absolute Gasteiger partial charge is 0.494 e. The number of hydrogen-bond donors (Lipinski definition) is 2. The van der Waals surface area contributed by atoms with E-state index in [0.717, 1.165) is 61.1 Å². The summed E-state index contributed by atoms with van der Waals surface area (Å²) in [6.07, 6.45) is 2.25. The fourth-order valence-corrected chi connectivity index (χ4v) is 3.70. The van der Waals surface area contributed by atoms with E-state index in [0.29, 0.717) is 25.9 Å². The first-order valence-electron chi connectivity index (χ1n) is 10.5. The third-order valence-electron chi connectivity index (χ3n) is 5.30. The molecule has 0 saturated carbocycles. The van der Waals surface area contributed by atoms with Gasteiger partial charge in [0.15, 0.2) is 0 Å². The zero-order valence-electron chi connectivity index (χ0n) is 17.0. The van der Waals surface area contributed by atoms with E-state index < -0.39 is 0 Å². The van der Waals surface area contributed by atoms with Crippen LogP contribution in [0.25, 0.3) is 0 Å². The van der Waals surface area contributed by atoms with Crippen molar-refractivity contribution in [3.63, 3.8) is 0 Å². The number of amides is 2.